The summed E-state index contributed by atoms with van der Waals surface area (Å²) in [6.07, 6.45) is 0.228. The lowest BCUT2D eigenvalue weighted by Gasteiger charge is -2.33. The fraction of sp³-hybridized carbons (Fsp3) is 0.212. The molecule has 0 heterocycles. The predicted molar refractivity (Wildman–Crippen MR) is 167 cm³/mol. The lowest BCUT2D eigenvalue weighted by Crippen LogP contribution is -2.53. The third kappa shape index (κ3) is 7.38. The smallest absolute Gasteiger partial charge is 0.264 e. The first-order valence-corrected chi connectivity index (χ1v) is 15.4. The maximum absolute atomic E-state index is 14.3. The topological polar surface area (TPSA) is 86.8 Å². The van der Waals surface area contributed by atoms with Gasteiger partial charge < -0.3 is 10.2 Å². The van der Waals surface area contributed by atoms with Gasteiger partial charge in [0.25, 0.3) is 10.0 Å². The zero-order valence-corrected chi connectivity index (χ0v) is 25.4. The summed E-state index contributed by atoms with van der Waals surface area (Å²) < 4.78 is 29.1. The van der Waals surface area contributed by atoms with Gasteiger partial charge in [-0.3, -0.25) is 13.9 Å². The highest BCUT2D eigenvalue weighted by Gasteiger charge is 2.34. The van der Waals surface area contributed by atoms with Crippen molar-refractivity contribution in [2.75, 3.05) is 17.9 Å². The fourth-order valence-electron chi connectivity index (χ4n) is 4.61. The first kappa shape index (κ1) is 30.8. The molecule has 42 heavy (non-hydrogen) atoms. The number of anilines is 1. The Morgan fingerprint density at radius 1 is 0.810 bits per heavy atom. The predicted octanol–water partition coefficient (Wildman–Crippen LogP) is 5.54. The van der Waals surface area contributed by atoms with Crippen molar-refractivity contribution >= 4 is 39.1 Å². The average molecular weight is 604 g/mol. The van der Waals surface area contributed by atoms with Gasteiger partial charge in [0.1, 0.15) is 12.6 Å². The number of amides is 2. The molecule has 0 aliphatic heterocycles. The molecule has 0 spiro atoms. The molecule has 0 bridgehead atoms. The quantitative estimate of drug-likeness (QED) is 0.244. The number of hydrogen-bond donors (Lipinski definition) is 1. The highest BCUT2D eigenvalue weighted by atomic mass is 35.5. The Bertz CT molecular complexity index is 1630. The summed E-state index contributed by atoms with van der Waals surface area (Å²) in [6.45, 7) is 3.26. The van der Waals surface area contributed by atoms with Crippen LogP contribution in [-0.2, 0) is 32.6 Å². The third-order valence-corrected chi connectivity index (χ3v) is 9.18. The second-order valence-electron chi connectivity index (χ2n) is 10.1. The maximum atomic E-state index is 14.3. The molecule has 2 amide bonds. The van der Waals surface area contributed by atoms with Crippen molar-refractivity contribution in [3.8, 4) is 0 Å². The van der Waals surface area contributed by atoms with Crippen LogP contribution in [0.1, 0.15) is 22.3 Å². The van der Waals surface area contributed by atoms with Gasteiger partial charge >= 0.3 is 0 Å². The summed E-state index contributed by atoms with van der Waals surface area (Å²) in [4.78, 5) is 29.1. The van der Waals surface area contributed by atoms with E-state index in [4.69, 9.17) is 11.6 Å². The normalized spacial score (nSPS) is 11.9. The zero-order valence-electron chi connectivity index (χ0n) is 23.8. The molecule has 0 fully saturated rings. The Kier molecular flexibility index (Phi) is 10.0. The summed E-state index contributed by atoms with van der Waals surface area (Å²) in [6, 6.07) is 29.0. The van der Waals surface area contributed by atoms with Gasteiger partial charge in [0.2, 0.25) is 11.8 Å². The number of nitrogens with one attached hydrogen (secondary N) is 1. The number of nitrogens with zero attached hydrogens (tertiary/aromatic N) is 2. The summed E-state index contributed by atoms with van der Waals surface area (Å²) in [5.41, 5.74) is 3.68. The van der Waals surface area contributed by atoms with Crippen LogP contribution in [-0.4, -0.2) is 44.8 Å². The van der Waals surface area contributed by atoms with Gasteiger partial charge in [-0.05, 0) is 55.3 Å². The van der Waals surface area contributed by atoms with E-state index in [2.05, 4.69) is 5.32 Å². The van der Waals surface area contributed by atoms with E-state index < -0.39 is 28.5 Å². The minimum atomic E-state index is -4.14. The lowest BCUT2D eigenvalue weighted by molar-refractivity contribution is -0.139. The molecule has 1 atom stereocenters. The molecule has 0 saturated carbocycles. The van der Waals surface area contributed by atoms with Crippen LogP contribution in [0.15, 0.2) is 108 Å². The molecule has 9 heteroatoms. The van der Waals surface area contributed by atoms with Crippen molar-refractivity contribution in [1.29, 1.82) is 0 Å². The minimum absolute atomic E-state index is 0.00967. The second kappa shape index (κ2) is 13.7. The van der Waals surface area contributed by atoms with Crippen molar-refractivity contribution in [3.63, 3.8) is 0 Å². The number of aryl methyl sites for hydroxylation is 2. The van der Waals surface area contributed by atoms with Crippen LogP contribution in [0.4, 0.5) is 5.69 Å². The molecule has 0 aliphatic carbocycles. The fourth-order valence-corrected chi connectivity index (χ4v) is 6.22. The number of carbonyl (C=O) groups is 2. The van der Waals surface area contributed by atoms with Gasteiger partial charge in [0.15, 0.2) is 0 Å². The largest absolute Gasteiger partial charge is 0.357 e. The maximum Gasteiger partial charge on any atom is 0.264 e. The molecule has 0 aromatic heterocycles. The molecule has 4 rings (SSSR count). The summed E-state index contributed by atoms with van der Waals surface area (Å²) in [5, 5.41) is 3.11. The van der Waals surface area contributed by atoms with Crippen LogP contribution < -0.4 is 9.62 Å². The summed E-state index contributed by atoms with van der Waals surface area (Å²) >= 11 is 6.49. The van der Waals surface area contributed by atoms with Crippen LogP contribution in [0, 0.1) is 13.8 Å². The summed E-state index contributed by atoms with van der Waals surface area (Å²) in [7, 11) is -2.63. The molecule has 4 aromatic carbocycles. The van der Waals surface area contributed by atoms with Crippen molar-refractivity contribution in [1.82, 2.24) is 10.2 Å². The molecule has 1 N–H and O–H groups in total. The number of benzene rings is 4. The van der Waals surface area contributed by atoms with E-state index in [1.807, 2.05) is 44.2 Å². The van der Waals surface area contributed by atoms with Gasteiger partial charge in [-0.1, -0.05) is 95.5 Å². The minimum Gasteiger partial charge on any atom is -0.357 e. The zero-order chi connectivity index (χ0) is 30.3. The third-order valence-electron chi connectivity index (χ3n) is 7.03. The first-order valence-electron chi connectivity index (χ1n) is 13.5. The number of carbonyl (C=O) groups excluding carboxylic acids is 2. The highest BCUT2D eigenvalue weighted by molar-refractivity contribution is 7.92. The molecule has 4 aromatic rings. The van der Waals surface area contributed by atoms with Gasteiger partial charge in [-0.15, -0.1) is 0 Å². The van der Waals surface area contributed by atoms with E-state index in [1.165, 1.54) is 24.1 Å². The molecule has 0 radical (unpaired) electrons. The Morgan fingerprint density at radius 3 is 1.98 bits per heavy atom. The van der Waals surface area contributed by atoms with Crippen LogP contribution in [0.3, 0.4) is 0 Å². The van der Waals surface area contributed by atoms with Crippen LogP contribution >= 0.6 is 11.6 Å². The van der Waals surface area contributed by atoms with E-state index in [0.717, 1.165) is 21.0 Å². The Labute approximate surface area is 252 Å². The van der Waals surface area contributed by atoms with Crippen molar-refractivity contribution in [2.45, 2.75) is 37.8 Å². The van der Waals surface area contributed by atoms with Crippen LogP contribution in [0.5, 0.6) is 0 Å². The van der Waals surface area contributed by atoms with Crippen molar-refractivity contribution in [3.05, 3.63) is 130 Å². The summed E-state index contributed by atoms with van der Waals surface area (Å²) in [5.74, 6) is -0.918. The van der Waals surface area contributed by atoms with Crippen LogP contribution in [0.25, 0.3) is 0 Å². The molecule has 0 saturated heterocycles. The van der Waals surface area contributed by atoms with E-state index in [0.29, 0.717) is 16.3 Å². The molecular formula is C33H34ClN3O4S. The number of sulfonamides is 1. The number of halogens is 1. The Balaban J connectivity index is 1.79. The SMILES string of the molecule is CNC(=O)C(Cc1ccccc1)N(Cc1ccccc1Cl)C(=O)CN(c1ccc(C)cc1)S(=O)(=O)c1ccc(C)cc1. The Hall–Kier alpha value is -4.14. The monoisotopic (exact) mass is 603 g/mol. The van der Waals surface area contributed by atoms with Crippen LogP contribution in [0.2, 0.25) is 5.02 Å². The first-order chi connectivity index (χ1) is 20.1. The van der Waals surface area contributed by atoms with E-state index in [-0.39, 0.29) is 23.8 Å². The molecule has 7 nitrogen and oxygen atoms in total. The highest BCUT2D eigenvalue weighted by Crippen LogP contribution is 2.26. The molecule has 1 unspecified atom stereocenters. The Morgan fingerprint density at radius 2 is 1.38 bits per heavy atom. The molecular weight excluding hydrogens is 570 g/mol. The number of hydrogen-bond acceptors (Lipinski definition) is 4. The molecule has 218 valence electrons. The van der Waals surface area contributed by atoms with Gasteiger partial charge in [0, 0.05) is 25.0 Å². The molecule has 0 aliphatic rings. The van der Waals surface area contributed by atoms with Crippen molar-refractivity contribution in [2.24, 2.45) is 0 Å². The lowest BCUT2D eigenvalue weighted by atomic mass is 10.0. The van der Waals surface area contributed by atoms with Gasteiger partial charge in [-0.2, -0.15) is 0 Å². The number of likely N-dealkylation sites (N-methyl/N-ethyl adjacent to an activating group) is 1. The number of rotatable bonds is 11. The van der Waals surface area contributed by atoms with E-state index >= 15 is 0 Å². The van der Waals surface area contributed by atoms with Gasteiger partial charge in [0.05, 0.1) is 10.6 Å². The van der Waals surface area contributed by atoms with E-state index in [1.54, 1.807) is 60.7 Å². The second-order valence-corrected chi connectivity index (χ2v) is 12.4. The average Bonchev–Trinajstić information content (AvgIpc) is 2.99. The van der Waals surface area contributed by atoms with Crippen molar-refractivity contribution < 1.29 is 18.0 Å². The van der Waals surface area contributed by atoms with Gasteiger partial charge in [-0.25, -0.2) is 8.42 Å². The van der Waals surface area contributed by atoms with E-state index in [9.17, 15) is 18.0 Å². The standard InChI is InChI=1S/C33H34ClN3O4S/c1-24-13-17-28(18-14-24)37(42(40,41)29-19-15-25(2)16-20-29)23-32(38)36(22-27-11-7-8-12-30(27)34)31(33(39)35-3)21-26-9-5-4-6-10-26/h4-20,31H,21-23H2,1-3H3,(H,35,39).